The van der Waals surface area contributed by atoms with Crippen LogP contribution < -0.4 is 0 Å². The van der Waals surface area contributed by atoms with Crippen molar-refractivity contribution in [1.29, 1.82) is 0 Å². The molecular formula is C14H26O5. The Labute approximate surface area is 115 Å². The molecule has 0 aromatic carbocycles. The molecule has 1 aliphatic rings. The Bertz CT molecular complexity index is 282. The summed E-state index contributed by atoms with van der Waals surface area (Å²) in [6.45, 7) is 6.53. The molecule has 0 bridgehead atoms. The fraction of sp³-hybridized carbons (Fsp3) is 0.857. The number of rotatable bonds is 7. The Morgan fingerprint density at radius 3 is 2.63 bits per heavy atom. The lowest BCUT2D eigenvalue weighted by Gasteiger charge is -2.33. The molecule has 1 aliphatic heterocycles. The van der Waals surface area contributed by atoms with Crippen LogP contribution >= 0.6 is 0 Å². The zero-order valence-electron chi connectivity index (χ0n) is 12.1. The van der Waals surface area contributed by atoms with Gasteiger partial charge in [0.05, 0.1) is 18.3 Å². The molecule has 112 valence electrons. The molecule has 2 atom stereocenters. The van der Waals surface area contributed by atoms with Crippen molar-refractivity contribution in [3.05, 3.63) is 11.8 Å². The Morgan fingerprint density at radius 2 is 2.05 bits per heavy atom. The lowest BCUT2D eigenvalue weighted by molar-refractivity contribution is -0.165. The monoisotopic (exact) mass is 274 g/mol. The molecule has 1 heterocycles. The second-order valence-corrected chi connectivity index (χ2v) is 5.64. The van der Waals surface area contributed by atoms with E-state index >= 15 is 0 Å². The molecule has 2 N–H and O–H groups in total. The Kier molecular flexibility index (Phi) is 6.79. The van der Waals surface area contributed by atoms with Gasteiger partial charge < -0.3 is 24.4 Å². The fourth-order valence-corrected chi connectivity index (χ4v) is 1.88. The van der Waals surface area contributed by atoms with E-state index in [-0.39, 0.29) is 24.9 Å². The van der Waals surface area contributed by atoms with E-state index in [4.69, 9.17) is 19.3 Å². The SMILES string of the molecule is CC(C)(C)O[C@@H]1C=C(CO)O[C@H](OCCCCO)C1. The molecule has 0 radical (unpaired) electrons. The van der Waals surface area contributed by atoms with Gasteiger partial charge >= 0.3 is 0 Å². The van der Waals surface area contributed by atoms with Gasteiger partial charge in [-0.25, -0.2) is 0 Å². The maximum absolute atomic E-state index is 9.20. The summed E-state index contributed by atoms with van der Waals surface area (Å²) in [5, 5.41) is 17.9. The van der Waals surface area contributed by atoms with Crippen molar-refractivity contribution in [3.63, 3.8) is 0 Å². The molecule has 0 saturated heterocycles. The smallest absolute Gasteiger partial charge is 0.202 e. The minimum absolute atomic E-state index is 0.112. The average Bonchev–Trinajstić information content (AvgIpc) is 2.32. The molecule has 19 heavy (non-hydrogen) atoms. The van der Waals surface area contributed by atoms with Gasteiger partial charge in [-0.15, -0.1) is 0 Å². The topological polar surface area (TPSA) is 68.2 Å². The normalized spacial score (nSPS) is 23.9. The fourth-order valence-electron chi connectivity index (χ4n) is 1.88. The lowest BCUT2D eigenvalue weighted by atomic mass is 10.1. The predicted molar refractivity (Wildman–Crippen MR) is 71.6 cm³/mol. The summed E-state index contributed by atoms with van der Waals surface area (Å²) >= 11 is 0. The summed E-state index contributed by atoms with van der Waals surface area (Å²) in [5.41, 5.74) is -0.249. The molecule has 0 amide bonds. The highest BCUT2D eigenvalue weighted by Crippen LogP contribution is 2.24. The van der Waals surface area contributed by atoms with E-state index in [1.807, 2.05) is 20.8 Å². The number of ether oxygens (including phenoxy) is 3. The van der Waals surface area contributed by atoms with Crippen molar-refractivity contribution in [2.24, 2.45) is 0 Å². The first-order valence-electron chi connectivity index (χ1n) is 6.83. The molecule has 0 aliphatic carbocycles. The molecule has 0 aromatic rings. The van der Waals surface area contributed by atoms with E-state index < -0.39 is 6.29 Å². The third-order valence-corrected chi connectivity index (χ3v) is 2.60. The van der Waals surface area contributed by atoms with Crippen molar-refractivity contribution in [2.75, 3.05) is 19.8 Å². The highest BCUT2D eigenvalue weighted by Gasteiger charge is 2.27. The van der Waals surface area contributed by atoms with Gasteiger partial charge in [-0.2, -0.15) is 0 Å². The van der Waals surface area contributed by atoms with Crippen LogP contribution in [-0.4, -0.2) is 48.0 Å². The van der Waals surface area contributed by atoms with E-state index in [2.05, 4.69) is 0 Å². The molecule has 0 spiro atoms. The van der Waals surface area contributed by atoms with Crippen LogP contribution in [0.5, 0.6) is 0 Å². The van der Waals surface area contributed by atoms with Gasteiger partial charge in [-0.1, -0.05) is 0 Å². The number of hydrogen-bond donors (Lipinski definition) is 2. The molecule has 0 saturated carbocycles. The minimum atomic E-state index is -0.391. The highest BCUT2D eigenvalue weighted by atomic mass is 16.7. The summed E-state index contributed by atoms with van der Waals surface area (Å²) in [6.07, 6.45) is 3.42. The largest absolute Gasteiger partial charge is 0.467 e. The maximum Gasteiger partial charge on any atom is 0.202 e. The third kappa shape index (κ3) is 6.92. The summed E-state index contributed by atoms with van der Waals surface area (Å²) in [4.78, 5) is 0. The van der Waals surface area contributed by atoms with Crippen LogP contribution in [0.25, 0.3) is 0 Å². The first-order chi connectivity index (χ1) is 8.94. The van der Waals surface area contributed by atoms with Crippen molar-refractivity contribution in [1.82, 2.24) is 0 Å². The van der Waals surface area contributed by atoms with E-state index in [1.165, 1.54) is 0 Å². The van der Waals surface area contributed by atoms with Crippen LogP contribution in [0.1, 0.15) is 40.0 Å². The minimum Gasteiger partial charge on any atom is -0.467 e. The molecule has 1 rings (SSSR count). The number of unbranched alkanes of at least 4 members (excludes halogenated alkanes) is 1. The molecular weight excluding hydrogens is 248 g/mol. The molecule has 5 heteroatoms. The molecule has 0 aromatic heterocycles. The van der Waals surface area contributed by atoms with Gasteiger partial charge in [-0.05, 0) is 39.7 Å². The maximum atomic E-state index is 9.20. The van der Waals surface area contributed by atoms with Gasteiger partial charge in [0.1, 0.15) is 12.4 Å². The average molecular weight is 274 g/mol. The van der Waals surface area contributed by atoms with Crippen LogP contribution in [-0.2, 0) is 14.2 Å². The van der Waals surface area contributed by atoms with Crippen molar-refractivity contribution < 1.29 is 24.4 Å². The quantitative estimate of drug-likeness (QED) is 0.690. The summed E-state index contributed by atoms with van der Waals surface area (Å²) in [7, 11) is 0. The second kappa shape index (κ2) is 7.85. The first-order valence-corrected chi connectivity index (χ1v) is 6.83. The van der Waals surface area contributed by atoms with Crippen molar-refractivity contribution >= 4 is 0 Å². The number of aliphatic hydroxyl groups is 2. The summed E-state index contributed by atoms with van der Waals surface area (Å²) in [6, 6.07) is 0. The predicted octanol–water partition coefficient (Wildman–Crippen LogP) is 1.58. The molecule has 0 fully saturated rings. The van der Waals surface area contributed by atoms with Crippen LogP contribution in [0.3, 0.4) is 0 Å². The Hall–Kier alpha value is -0.620. The van der Waals surface area contributed by atoms with E-state index in [0.29, 0.717) is 18.8 Å². The Balaban J connectivity index is 2.46. The van der Waals surface area contributed by atoms with E-state index in [0.717, 1.165) is 12.8 Å². The van der Waals surface area contributed by atoms with Gasteiger partial charge in [0.2, 0.25) is 6.29 Å². The van der Waals surface area contributed by atoms with Crippen LogP contribution in [0, 0.1) is 0 Å². The van der Waals surface area contributed by atoms with Gasteiger partial charge in [0.25, 0.3) is 0 Å². The van der Waals surface area contributed by atoms with Crippen molar-refractivity contribution in [2.45, 2.75) is 58.0 Å². The van der Waals surface area contributed by atoms with E-state index in [9.17, 15) is 5.11 Å². The molecule has 0 unspecified atom stereocenters. The summed E-state index contributed by atoms with van der Waals surface area (Å²) < 4.78 is 17.0. The van der Waals surface area contributed by atoms with Gasteiger partial charge in [0, 0.05) is 13.0 Å². The van der Waals surface area contributed by atoms with Gasteiger partial charge in [0.15, 0.2) is 0 Å². The highest BCUT2D eigenvalue weighted by molar-refractivity contribution is 5.03. The second-order valence-electron chi connectivity index (χ2n) is 5.64. The van der Waals surface area contributed by atoms with E-state index in [1.54, 1.807) is 6.08 Å². The molecule has 5 nitrogen and oxygen atoms in total. The Morgan fingerprint density at radius 1 is 1.32 bits per heavy atom. The number of aliphatic hydroxyl groups excluding tert-OH is 2. The number of hydrogen-bond acceptors (Lipinski definition) is 5. The zero-order chi connectivity index (χ0) is 14.3. The zero-order valence-corrected chi connectivity index (χ0v) is 12.1. The van der Waals surface area contributed by atoms with Crippen LogP contribution in [0.2, 0.25) is 0 Å². The van der Waals surface area contributed by atoms with Crippen LogP contribution in [0.4, 0.5) is 0 Å². The third-order valence-electron chi connectivity index (χ3n) is 2.60. The summed E-state index contributed by atoms with van der Waals surface area (Å²) in [5.74, 6) is 0.493. The van der Waals surface area contributed by atoms with Crippen LogP contribution in [0.15, 0.2) is 11.8 Å². The standard InChI is InChI=1S/C14H26O5/c1-14(2,3)19-11-8-12(10-16)18-13(9-11)17-7-5-4-6-15/h8,11,13,15-16H,4-7,9-10H2,1-3H3/t11-,13+/m1/s1. The lowest BCUT2D eigenvalue weighted by Crippen LogP contribution is -2.35. The first kappa shape index (κ1) is 16.4. The van der Waals surface area contributed by atoms with Gasteiger partial charge in [-0.3, -0.25) is 0 Å². The van der Waals surface area contributed by atoms with Crippen molar-refractivity contribution in [3.8, 4) is 0 Å².